The van der Waals surface area contributed by atoms with Crippen LogP contribution in [-0.4, -0.2) is 61.9 Å². The molecule has 0 aliphatic heterocycles. The fourth-order valence-electron chi connectivity index (χ4n) is 5.42. The van der Waals surface area contributed by atoms with Crippen molar-refractivity contribution in [3.63, 3.8) is 0 Å². The molecular weight excluding hydrogens is 693 g/mol. The fourth-order valence-corrected chi connectivity index (χ4v) is 8.60. The smallest absolute Gasteiger partial charge is 0.251 e. The molecule has 51 heavy (non-hydrogen) atoms. The van der Waals surface area contributed by atoms with Gasteiger partial charge in [0.05, 0.1) is 35.4 Å². The van der Waals surface area contributed by atoms with Gasteiger partial charge in [0.1, 0.15) is 4.75 Å². The first-order valence-electron chi connectivity index (χ1n) is 17.9. The number of pyridine rings is 1. The first kappa shape index (κ1) is 39.7. The van der Waals surface area contributed by atoms with Crippen LogP contribution >= 0.6 is 0 Å². The second kappa shape index (κ2) is 14.1. The van der Waals surface area contributed by atoms with Crippen LogP contribution in [-0.2, 0) is 32.5 Å². The van der Waals surface area contributed by atoms with Crippen LogP contribution in [0.25, 0.3) is 28.1 Å². The van der Waals surface area contributed by atoms with Gasteiger partial charge in [-0.3, -0.25) is 0 Å². The van der Waals surface area contributed by atoms with E-state index in [4.69, 9.17) is 18.8 Å². The van der Waals surface area contributed by atoms with Crippen molar-refractivity contribution in [2.24, 2.45) is 5.92 Å². The highest BCUT2D eigenvalue weighted by Gasteiger charge is 2.53. The zero-order chi connectivity index (χ0) is 37.8. The summed E-state index contributed by atoms with van der Waals surface area (Å²) in [4.78, 5) is 14.4. The van der Waals surface area contributed by atoms with Gasteiger partial charge in [-0.2, -0.15) is 9.78 Å². The zero-order valence-electron chi connectivity index (χ0n) is 32.8. The maximum Gasteiger partial charge on any atom is 0.251 e. The van der Waals surface area contributed by atoms with Crippen molar-refractivity contribution < 1.29 is 18.5 Å². The number of aromatic nitrogens is 5. The minimum Gasteiger partial charge on any atom is -0.598 e. The lowest BCUT2D eigenvalue weighted by atomic mass is 9.74. The summed E-state index contributed by atoms with van der Waals surface area (Å²) in [7, 11) is -3.94. The van der Waals surface area contributed by atoms with E-state index in [9.17, 15) is 9.66 Å². The maximum absolute atomic E-state index is 13.5. The molecule has 1 saturated carbocycles. The molecule has 1 unspecified atom stereocenters. The van der Waals surface area contributed by atoms with Crippen LogP contribution in [0, 0.1) is 5.92 Å². The van der Waals surface area contributed by atoms with Gasteiger partial charge >= 0.3 is 0 Å². The van der Waals surface area contributed by atoms with E-state index in [1.807, 2.05) is 63.2 Å². The molecule has 0 spiro atoms. The molecule has 1 fully saturated rings. The van der Waals surface area contributed by atoms with E-state index in [0.29, 0.717) is 36.8 Å². The monoisotopic (exact) mass is 750 g/mol. The Kier molecular flexibility index (Phi) is 10.9. The molecule has 278 valence electrons. The van der Waals surface area contributed by atoms with Crippen molar-refractivity contribution in [2.75, 3.05) is 0 Å². The van der Waals surface area contributed by atoms with Crippen LogP contribution in [0.15, 0.2) is 54.9 Å². The largest absolute Gasteiger partial charge is 0.598 e. The van der Waals surface area contributed by atoms with Gasteiger partial charge in [-0.1, -0.05) is 59.7 Å². The van der Waals surface area contributed by atoms with Gasteiger partial charge in [0.15, 0.2) is 16.6 Å². The van der Waals surface area contributed by atoms with Crippen LogP contribution in [0.1, 0.15) is 86.5 Å². The molecule has 2 N–H and O–H groups in total. The van der Waals surface area contributed by atoms with Gasteiger partial charge in [-0.15, -0.1) is 4.72 Å². The third-order valence-corrected chi connectivity index (χ3v) is 21.7. The first-order chi connectivity index (χ1) is 23.4. The van der Waals surface area contributed by atoms with Gasteiger partial charge < -0.3 is 18.5 Å². The summed E-state index contributed by atoms with van der Waals surface area (Å²) >= 11 is -1.55. The van der Waals surface area contributed by atoms with Gasteiger partial charge in [0, 0.05) is 40.5 Å². The van der Waals surface area contributed by atoms with Crippen molar-refractivity contribution in [3.8, 4) is 17.2 Å². The molecule has 0 amide bonds. The Morgan fingerprint density at radius 3 is 2.22 bits per heavy atom. The predicted molar refractivity (Wildman–Crippen MR) is 212 cm³/mol. The van der Waals surface area contributed by atoms with Gasteiger partial charge in [0.2, 0.25) is 5.72 Å². The molecular formula is C38H58N6O4SSi2. The molecule has 0 saturated heterocycles. The third kappa shape index (κ3) is 8.51. The van der Waals surface area contributed by atoms with E-state index in [1.165, 1.54) is 0 Å². The number of nitrogens with one attached hydrogen (secondary N) is 1. The fraction of sp³-hybridized carbons (Fsp3) is 0.579. The molecule has 0 radical (unpaired) electrons. The summed E-state index contributed by atoms with van der Waals surface area (Å²) in [6.07, 6.45) is 4.88. The van der Waals surface area contributed by atoms with Crippen molar-refractivity contribution in [2.45, 2.75) is 135 Å². The summed E-state index contributed by atoms with van der Waals surface area (Å²) in [5.74, 6) is 0.234. The Morgan fingerprint density at radius 1 is 0.922 bits per heavy atom. The number of fused-ring (bicyclic) bond motifs is 1. The van der Waals surface area contributed by atoms with Crippen molar-refractivity contribution >= 4 is 38.9 Å². The molecule has 2 atom stereocenters. The predicted octanol–water partition coefficient (Wildman–Crippen LogP) is 8.40. The highest BCUT2D eigenvalue weighted by atomic mass is 32.2. The normalized spacial score (nSPS) is 19.5. The standard InChI is InChI=1S/C38H58N6O4SSi2/c1-35(2,3)49(46)43-38(45,28-22-30(23-28)48-51(12,13)37(7,8)9)33-16-14-15-31(42-33)26-17-18-27-24-40-44(32(27)21-26)34-39-20-19-29(41-34)25-47-50(10,11)36(4,5)6/h14-21,24,28,30,43,45H,22-23,25H2,1-13H3/t28?,30?,38-,49?/m0/s1. The zero-order valence-corrected chi connectivity index (χ0v) is 35.6. The summed E-state index contributed by atoms with van der Waals surface area (Å²) in [5.41, 5.74) is 1.96. The Labute approximate surface area is 309 Å². The molecule has 10 nitrogen and oxygen atoms in total. The van der Waals surface area contributed by atoms with E-state index >= 15 is 0 Å². The Balaban J connectivity index is 1.44. The average molecular weight is 751 g/mol. The van der Waals surface area contributed by atoms with Crippen LogP contribution in [0.5, 0.6) is 0 Å². The van der Waals surface area contributed by atoms with Crippen LogP contribution in [0.3, 0.4) is 0 Å². The molecule has 4 aromatic rings. The highest BCUT2D eigenvalue weighted by Crippen LogP contribution is 2.47. The van der Waals surface area contributed by atoms with Crippen molar-refractivity contribution in [3.05, 3.63) is 66.2 Å². The lowest BCUT2D eigenvalue weighted by Crippen LogP contribution is -2.60. The number of benzene rings is 1. The molecule has 3 heterocycles. The number of hydrogen-bond donors (Lipinski definition) is 2. The van der Waals surface area contributed by atoms with E-state index in [-0.39, 0.29) is 22.1 Å². The van der Waals surface area contributed by atoms with E-state index < -0.39 is 38.5 Å². The molecule has 0 bridgehead atoms. The van der Waals surface area contributed by atoms with Gasteiger partial charge in [-0.25, -0.2) is 15.0 Å². The van der Waals surface area contributed by atoms with Crippen LogP contribution in [0.2, 0.25) is 36.3 Å². The lowest BCUT2D eigenvalue weighted by Gasteiger charge is -2.49. The Hall–Kier alpha value is -2.50. The first-order valence-corrected chi connectivity index (χ1v) is 24.9. The van der Waals surface area contributed by atoms with E-state index in [2.05, 4.69) is 82.5 Å². The number of hydrogen-bond acceptors (Lipinski definition) is 9. The molecule has 5 rings (SSSR count). The molecule has 1 aliphatic carbocycles. The second-order valence-corrected chi connectivity index (χ2v) is 29.6. The molecule has 3 aromatic heterocycles. The van der Waals surface area contributed by atoms with Crippen molar-refractivity contribution in [1.82, 2.24) is 29.5 Å². The minimum absolute atomic E-state index is 0.0394. The SMILES string of the molecule is CC(C)(C)[S+]([O-])N[C@@](O)(c1cccc(-c2ccc3cnn(-c4nccc(CO[Si](C)(C)C(C)(C)C)n4)c3c2)n1)C1CC(O[Si](C)(C)C(C)(C)C)C1. The van der Waals surface area contributed by atoms with Gasteiger partial charge in [0.25, 0.3) is 5.95 Å². The quantitative estimate of drug-likeness (QED) is 0.0882. The number of aliphatic hydroxyl groups is 1. The number of nitrogens with zero attached hydrogens (tertiary/aromatic N) is 5. The highest BCUT2D eigenvalue weighted by molar-refractivity contribution is 7.90. The molecule has 1 aromatic carbocycles. The summed E-state index contributed by atoms with van der Waals surface area (Å²) in [5, 5.41) is 18.2. The van der Waals surface area contributed by atoms with Crippen LogP contribution in [0.4, 0.5) is 0 Å². The summed E-state index contributed by atoms with van der Waals surface area (Å²) < 4.78 is 30.9. The molecule has 13 heteroatoms. The topological polar surface area (TPSA) is 130 Å². The Bertz CT molecular complexity index is 1840. The lowest BCUT2D eigenvalue weighted by molar-refractivity contribution is -0.109. The van der Waals surface area contributed by atoms with Gasteiger partial charge in [-0.05, 0) is 94.1 Å². The second-order valence-electron chi connectivity index (χ2n) is 18.1. The van der Waals surface area contributed by atoms with Crippen molar-refractivity contribution in [1.29, 1.82) is 0 Å². The summed E-state index contributed by atoms with van der Waals surface area (Å²) in [6, 6.07) is 13.5. The van der Waals surface area contributed by atoms with E-state index in [0.717, 1.165) is 22.2 Å². The maximum atomic E-state index is 13.5. The van der Waals surface area contributed by atoms with Crippen LogP contribution < -0.4 is 4.72 Å². The summed E-state index contributed by atoms with van der Waals surface area (Å²) in [6.45, 7) is 28.4. The number of rotatable bonds is 11. The Morgan fingerprint density at radius 2 is 1.59 bits per heavy atom. The van der Waals surface area contributed by atoms with E-state index in [1.54, 1.807) is 17.1 Å². The minimum atomic E-state index is -1.99. The third-order valence-electron chi connectivity index (χ3n) is 11.0. The molecule has 1 aliphatic rings. The average Bonchev–Trinajstić information content (AvgIpc) is 3.43.